The van der Waals surface area contributed by atoms with Crippen LogP contribution in [0.15, 0.2) is 6.07 Å². The highest BCUT2D eigenvalue weighted by molar-refractivity contribution is 5.09. The zero-order valence-corrected chi connectivity index (χ0v) is 14.6. The summed E-state index contributed by atoms with van der Waals surface area (Å²) in [5.41, 5.74) is 2.67. The molecule has 0 radical (unpaired) electrons. The third-order valence-corrected chi connectivity index (χ3v) is 4.82. The maximum Gasteiger partial charge on any atom is 0.0597 e. The van der Waals surface area contributed by atoms with E-state index in [1.54, 1.807) is 0 Å². The molecule has 1 aliphatic heterocycles. The summed E-state index contributed by atoms with van der Waals surface area (Å²) in [4.78, 5) is 2.66. The highest BCUT2D eigenvalue weighted by Crippen LogP contribution is 2.24. The van der Waals surface area contributed by atoms with Gasteiger partial charge in [0.25, 0.3) is 0 Å². The van der Waals surface area contributed by atoms with Crippen molar-refractivity contribution >= 4 is 0 Å². The van der Waals surface area contributed by atoms with Crippen LogP contribution >= 0.6 is 0 Å². The predicted molar refractivity (Wildman–Crippen MR) is 88.3 cm³/mol. The van der Waals surface area contributed by atoms with E-state index in [1.807, 2.05) is 4.68 Å². The minimum atomic E-state index is 0.237. The minimum absolute atomic E-state index is 0.237. The molecular weight excluding hydrogens is 260 g/mol. The van der Waals surface area contributed by atoms with E-state index in [9.17, 15) is 0 Å². The van der Waals surface area contributed by atoms with Crippen LogP contribution in [0.3, 0.4) is 0 Å². The Morgan fingerprint density at radius 2 is 2.19 bits per heavy atom. The standard InChI is InChI=1S/C17H32N4/c1-7-17(5)12-21(15(10-18-17)8-13(2)3)11-16-9-14(4)19-20(16)6/h9,13,15,18H,7-8,10-12H2,1-6H3. The van der Waals surface area contributed by atoms with Gasteiger partial charge in [-0.25, -0.2) is 0 Å². The lowest BCUT2D eigenvalue weighted by Gasteiger charge is -2.46. The minimum Gasteiger partial charge on any atom is -0.309 e. The third-order valence-electron chi connectivity index (χ3n) is 4.82. The second kappa shape index (κ2) is 6.49. The molecule has 1 aromatic heterocycles. The fraction of sp³-hybridized carbons (Fsp3) is 0.824. The fourth-order valence-electron chi connectivity index (χ4n) is 3.35. The molecular formula is C17H32N4. The molecule has 0 spiro atoms. The van der Waals surface area contributed by atoms with E-state index in [1.165, 1.54) is 18.5 Å². The van der Waals surface area contributed by atoms with Gasteiger partial charge in [-0.15, -0.1) is 0 Å². The summed E-state index contributed by atoms with van der Waals surface area (Å²) in [7, 11) is 2.06. The summed E-state index contributed by atoms with van der Waals surface area (Å²) in [6.07, 6.45) is 2.42. The van der Waals surface area contributed by atoms with Crippen molar-refractivity contribution in [3.8, 4) is 0 Å². The molecule has 0 aromatic carbocycles. The molecule has 1 aliphatic rings. The van der Waals surface area contributed by atoms with Crippen molar-refractivity contribution < 1.29 is 0 Å². The lowest BCUT2D eigenvalue weighted by atomic mass is 9.90. The van der Waals surface area contributed by atoms with Crippen LogP contribution in [0.25, 0.3) is 0 Å². The van der Waals surface area contributed by atoms with Gasteiger partial charge < -0.3 is 5.32 Å². The fourth-order valence-corrected chi connectivity index (χ4v) is 3.35. The van der Waals surface area contributed by atoms with Crippen molar-refractivity contribution in [3.05, 3.63) is 17.5 Å². The summed E-state index contributed by atoms with van der Waals surface area (Å²) in [5, 5.41) is 8.27. The average molecular weight is 292 g/mol. The zero-order chi connectivity index (χ0) is 15.6. The van der Waals surface area contributed by atoms with Crippen LogP contribution in [0.5, 0.6) is 0 Å². The molecule has 2 rings (SSSR count). The van der Waals surface area contributed by atoms with E-state index < -0.39 is 0 Å². The number of nitrogens with zero attached hydrogens (tertiary/aromatic N) is 3. The van der Waals surface area contributed by atoms with Gasteiger partial charge in [0.05, 0.1) is 11.4 Å². The summed E-state index contributed by atoms with van der Waals surface area (Å²) in [6.45, 7) is 14.6. The average Bonchev–Trinajstić information content (AvgIpc) is 2.71. The molecule has 4 nitrogen and oxygen atoms in total. The number of aromatic nitrogens is 2. The first-order valence-electron chi connectivity index (χ1n) is 8.31. The van der Waals surface area contributed by atoms with E-state index in [4.69, 9.17) is 0 Å². The summed E-state index contributed by atoms with van der Waals surface area (Å²) >= 11 is 0. The Kier molecular flexibility index (Phi) is 5.10. The van der Waals surface area contributed by atoms with E-state index in [0.717, 1.165) is 31.2 Å². The van der Waals surface area contributed by atoms with Gasteiger partial charge >= 0.3 is 0 Å². The molecule has 1 N–H and O–H groups in total. The van der Waals surface area contributed by atoms with Crippen molar-refractivity contribution in [2.24, 2.45) is 13.0 Å². The quantitative estimate of drug-likeness (QED) is 0.906. The number of aryl methyl sites for hydroxylation is 2. The van der Waals surface area contributed by atoms with Crippen LogP contribution < -0.4 is 5.32 Å². The van der Waals surface area contributed by atoms with Crippen LogP contribution in [0.4, 0.5) is 0 Å². The second-order valence-electron chi connectivity index (χ2n) is 7.38. The molecule has 0 bridgehead atoms. The highest BCUT2D eigenvalue weighted by Gasteiger charge is 2.34. The Bertz CT molecular complexity index is 465. The van der Waals surface area contributed by atoms with Crippen molar-refractivity contribution in [1.82, 2.24) is 20.0 Å². The molecule has 0 aliphatic carbocycles. The molecule has 1 fully saturated rings. The van der Waals surface area contributed by atoms with Gasteiger partial charge in [0.2, 0.25) is 0 Å². The third kappa shape index (κ3) is 4.07. The molecule has 1 aromatic rings. The summed E-state index contributed by atoms with van der Waals surface area (Å²) in [5.74, 6) is 0.735. The van der Waals surface area contributed by atoms with Gasteiger partial charge in [-0.2, -0.15) is 5.10 Å². The van der Waals surface area contributed by atoms with Crippen LogP contribution in [-0.2, 0) is 13.6 Å². The van der Waals surface area contributed by atoms with E-state index >= 15 is 0 Å². The van der Waals surface area contributed by atoms with Crippen molar-refractivity contribution in [2.75, 3.05) is 13.1 Å². The molecule has 120 valence electrons. The Morgan fingerprint density at radius 3 is 2.71 bits per heavy atom. The Morgan fingerprint density at radius 1 is 1.48 bits per heavy atom. The van der Waals surface area contributed by atoms with E-state index in [-0.39, 0.29) is 5.54 Å². The van der Waals surface area contributed by atoms with Gasteiger partial charge in [0, 0.05) is 38.3 Å². The molecule has 2 atom stereocenters. The topological polar surface area (TPSA) is 33.1 Å². The predicted octanol–water partition coefficient (Wildman–Crippen LogP) is 2.72. The van der Waals surface area contributed by atoms with Crippen molar-refractivity contribution in [1.29, 1.82) is 0 Å². The smallest absolute Gasteiger partial charge is 0.0597 e. The monoisotopic (exact) mass is 292 g/mol. The van der Waals surface area contributed by atoms with Gasteiger partial charge in [-0.1, -0.05) is 20.8 Å². The Labute approximate surface area is 129 Å². The van der Waals surface area contributed by atoms with E-state index in [2.05, 4.69) is 63.0 Å². The number of hydrogen-bond donors (Lipinski definition) is 1. The second-order valence-corrected chi connectivity index (χ2v) is 7.38. The first kappa shape index (κ1) is 16.5. The SMILES string of the molecule is CCC1(C)CN(Cc2cc(C)nn2C)C(CC(C)C)CN1. The molecule has 21 heavy (non-hydrogen) atoms. The molecule has 2 unspecified atom stereocenters. The first-order valence-corrected chi connectivity index (χ1v) is 8.31. The summed E-state index contributed by atoms with van der Waals surface area (Å²) in [6, 6.07) is 2.84. The van der Waals surface area contributed by atoms with Gasteiger partial charge in [-0.3, -0.25) is 9.58 Å². The number of hydrogen-bond acceptors (Lipinski definition) is 3. The summed E-state index contributed by atoms with van der Waals surface area (Å²) < 4.78 is 2.03. The first-order chi connectivity index (χ1) is 9.83. The Balaban J connectivity index is 2.14. The van der Waals surface area contributed by atoms with Crippen LogP contribution in [-0.4, -0.2) is 39.4 Å². The van der Waals surface area contributed by atoms with Crippen LogP contribution in [0.2, 0.25) is 0 Å². The lowest BCUT2D eigenvalue weighted by Crippen LogP contribution is -2.62. The largest absolute Gasteiger partial charge is 0.309 e. The lowest BCUT2D eigenvalue weighted by molar-refractivity contribution is 0.0644. The van der Waals surface area contributed by atoms with Gasteiger partial charge in [0.15, 0.2) is 0 Å². The maximum atomic E-state index is 4.49. The maximum absolute atomic E-state index is 4.49. The highest BCUT2D eigenvalue weighted by atomic mass is 15.3. The number of nitrogens with one attached hydrogen (secondary N) is 1. The van der Waals surface area contributed by atoms with Crippen molar-refractivity contribution in [2.45, 2.75) is 65.6 Å². The van der Waals surface area contributed by atoms with Crippen LogP contribution in [0.1, 0.15) is 51.9 Å². The molecule has 0 amide bonds. The normalized spacial score (nSPS) is 27.5. The van der Waals surface area contributed by atoms with Crippen molar-refractivity contribution in [3.63, 3.8) is 0 Å². The zero-order valence-electron chi connectivity index (χ0n) is 14.6. The molecule has 1 saturated heterocycles. The number of piperazine rings is 1. The molecule has 0 saturated carbocycles. The van der Waals surface area contributed by atoms with Gasteiger partial charge in [-0.05, 0) is 38.7 Å². The molecule has 2 heterocycles. The number of rotatable bonds is 5. The Hall–Kier alpha value is -0.870. The van der Waals surface area contributed by atoms with Gasteiger partial charge in [0.1, 0.15) is 0 Å². The molecule has 4 heteroatoms. The van der Waals surface area contributed by atoms with E-state index in [0.29, 0.717) is 6.04 Å². The van der Waals surface area contributed by atoms with Crippen LogP contribution in [0, 0.1) is 12.8 Å².